The summed E-state index contributed by atoms with van der Waals surface area (Å²) in [7, 11) is 0. The fourth-order valence-electron chi connectivity index (χ4n) is 3.58. The Bertz CT molecular complexity index is 583. The molecule has 1 aliphatic rings. The maximum atomic E-state index is 11.8. The van der Waals surface area contributed by atoms with Crippen molar-refractivity contribution in [2.24, 2.45) is 5.92 Å². The van der Waals surface area contributed by atoms with Gasteiger partial charge in [-0.15, -0.1) is 0 Å². The molecular weight excluding hydrogens is 292 g/mol. The third kappa shape index (κ3) is 4.12. The lowest BCUT2D eigenvalue weighted by molar-refractivity contribution is 0.0650. The summed E-state index contributed by atoms with van der Waals surface area (Å²) in [6.07, 6.45) is 7.20. The minimum absolute atomic E-state index is 0.00113. The summed E-state index contributed by atoms with van der Waals surface area (Å²) >= 11 is 0. The highest BCUT2D eigenvalue weighted by Gasteiger charge is 2.26. The summed E-state index contributed by atoms with van der Waals surface area (Å²) in [4.78, 5) is 23.2. The van der Waals surface area contributed by atoms with Gasteiger partial charge in [0.2, 0.25) is 0 Å². The van der Waals surface area contributed by atoms with Crippen LogP contribution in [0.2, 0.25) is 0 Å². The first-order valence-corrected chi connectivity index (χ1v) is 8.54. The molecule has 0 aromatic heterocycles. The van der Waals surface area contributed by atoms with Gasteiger partial charge in [0.25, 0.3) is 0 Å². The van der Waals surface area contributed by atoms with E-state index in [4.69, 9.17) is 0 Å². The highest BCUT2D eigenvalue weighted by atomic mass is 16.4. The standard InChI is InChI=1S/C19H26O4/c1-12(2)8-9-15-14(13-6-4-3-5-7-13)10-11-16(18(20)21)17(15)19(22)23/h10-13H,3-9H2,1-2H3,(H,20,21)(H,22,23). The Morgan fingerprint density at radius 1 is 1.09 bits per heavy atom. The quantitative estimate of drug-likeness (QED) is 0.796. The van der Waals surface area contributed by atoms with Crippen molar-refractivity contribution in [3.63, 3.8) is 0 Å². The van der Waals surface area contributed by atoms with Crippen molar-refractivity contribution in [2.75, 3.05) is 0 Å². The van der Waals surface area contributed by atoms with Gasteiger partial charge in [-0.05, 0) is 54.7 Å². The van der Waals surface area contributed by atoms with Crippen LogP contribution in [0.3, 0.4) is 0 Å². The SMILES string of the molecule is CC(C)CCc1c(C2CCCCC2)ccc(C(=O)O)c1C(=O)O. The second-order valence-corrected chi connectivity index (χ2v) is 6.93. The second kappa shape index (κ2) is 7.62. The average molecular weight is 318 g/mol. The molecule has 0 atom stereocenters. The van der Waals surface area contributed by atoms with E-state index in [2.05, 4.69) is 13.8 Å². The van der Waals surface area contributed by atoms with E-state index in [0.717, 1.165) is 43.2 Å². The molecule has 0 heterocycles. The second-order valence-electron chi connectivity index (χ2n) is 6.93. The number of carboxylic acids is 2. The molecule has 2 N–H and O–H groups in total. The fraction of sp³-hybridized carbons (Fsp3) is 0.579. The fourth-order valence-corrected chi connectivity index (χ4v) is 3.58. The topological polar surface area (TPSA) is 74.6 Å². The lowest BCUT2D eigenvalue weighted by Crippen LogP contribution is -2.17. The summed E-state index contributed by atoms with van der Waals surface area (Å²) in [5.74, 6) is -1.47. The van der Waals surface area contributed by atoms with Crippen LogP contribution in [-0.4, -0.2) is 22.2 Å². The molecule has 0 aliphatic heterocycles. The molecule has 1 aromatic carbocycles. The van der Waals surface area contributed by atoms with E-state index in [9.17, 15) is 19.8 Å². The van der Waals surface area contributed by atoms with Gasteiger partial charge < -0.3 is 10.2 Å². The minimum atomic E-state index is -1.16. The molecule has 1 aromatic rings. The molecule has 1 aliphatic carbocycles. The first-order chi connectivity index (χ1) is 10.9. The maximum absolute atomic E-state index is 11.8. The Morgan fingerprint density at radius 2 is 1.74 bits per heavy atom. The van der Waals surface area contributed by atoms with Crippen LogP contribution in [0.5, 0.6) is 0 Å². The zero-order chi connectivity index (χ0) is 17.0. The molecule has 0 radical (unpaired) electrons. The molecule has 0 amide bonds. The number of rotatable bonds is 6. The van der Waals surface area contributed by atoms with Gasteiger partial charge in [0.05, 0.1) is 11.1 Å². The largest absolute Gasteiger partial charge is 0.478 e. The van der Waals surface area contributed by atoms with Crippen molar-refractivity contribution in [1.82, 2.24) is 0 Å². The Morgan fingerprint density at radius 3 is 2.26 bits per heavy atom. The van der Waals surface area contributed by atoms with Crippen molar-refractivity contribution < 1.29 is 19.8 Å². The van der Waals surface area contributed by atoms with Crippen LogP contribution in [0.15, 0.2) is 12.1 Å². The van der Waals surface area contributed by atoms with E-state index in [0.29, 0.717) is 18.3 Å². The Balaban J connectivity index is 2.53. The van der Waals surface area contributed by atoms with E-state index in [-0.39, 0.29) is 11.1 Å². The highest BCUT2D eigenvalue weighted by Crippen LogP contribution is 2.37. The molecule has 0 spiro atoms. The first-order valence-electron chi connectivity index (χ1n) is 8.54. The summed E-state index contributed by atoms with van der Waals surface area (Å²) < 4.78 is 0. The molecule has 2 rings (SSSR count). The third-order valence-corrected chi connectivity index (χ3v) is 4.81. The number of carbonyl (C=O) groups is 2. The van der Waals surface area contributed by atoms with Crippen molar-refractivity contribution in [3.8, 4) is 0 Å². The summed E-state index contributed by atoms with van der Waals surface area (Å²) in [5.41, 5.74) is 1.72. The van der Waals surface area contributed by atoms with Crippen LogP contribution in [0.4, 0.5) is 0 Å². The molecule has 4 heteroatoms. The summed E-state index contributed by atoms with van der Waals surface area (Å²) in [6.45, 7) is 4.20. The Hall–Kier alpha value is -1.84. The van der Waals surface area contributed by atoms with Crippen molar-refractivity contribution in [1.29, 1.82) is 0 Å². The van der Waals surface area contributed by atoms with Gasteiger partial charge in [0.15, 0.2) is 0 Å². The summed E-state index contributed by atoms with van der Waals surface area (Å²) in [5, 5.41) is 19.0. The smallest absolute Gasteiger partial charge is 0.336 e. The number of hydrogen-bond acceptors (Lipinski definition) is 2. The molecule has 23 heavy (non-hydrogen) atoms. The van der Waals surface area contributed by atoms with E-state index in [1.165, 1.54) is 12.5 Å². The van der Waals surface area contributed by atoms with Crippen LogP contribution >= 0.6 is 0 Å². The zero-order valence-corrected chi connectivity index (χ0v) is 14.0. The van der Waals surface area contributed by atoms with Gasteiger partial charge in [-0.2, -0.15) is 0 Å². The highest BCUT2D eigenvalue weighted by molar-refractivity contribution is 6.03. The van der Waals surface area contributed by atoms with Crippen LogP contribution in [0.1, 0.15) is 90.1 Å². The molecular formula is C19H26O4. The molecule has 1 fully saturated rings. The van der Waals surface area contributed by atoms with E-state index in [1.54, 1.807) is 0 Å². The van der Waals surface area contributed by atoms with Crippen molar-refractivity contribution in [2.45, 2.75) is 64.7 Å². The zero-order valence-electron chi connectivity index (χ0n) is 14.0. The van der Waals surface area contributed by atoms with Crippen molar-refractivity contribution in [3.05, 3.63) is 34.4 Å². The average Bonchev–Trinajstić information content (AvgIpc) is 2.52. The third-order valence-electron chi connectivity index (χ3n) is 4.81. The van der Waals surface area contributed by atoms with Gasteiger partial charge in [0, 0.05) is 0 Å². The van der Waals surface area contributed by atoms with E-state index >= 15 is 0 Å². The van der Waals surface area contributed by atoms with Crippen LogP contribution < -0.4 is 0 Å². The number of hydrogen-bond donors (Lipinski definition) is 2. The monoisotopic (exact) mass is 318 g/mol. The molecule has 126 valence electrons. The molecule has 0 saturated heterocycles. The lowest BCUT2D eigenvalue weighted by atomic mass is 9.79. The van der Waals surface area contributed by atoms with Gasteiger partial charge in [0.1, 0.15) is 0 Å². The Labute approximate surface area is 137 Å². The van der Waals surface area contributed by atoms with E-state index < -0.39 is 11.9 Å². The molecule has 1 saturated carbocycles. The first kappa shape index (κ1) is 17.5. The van der Waals surface area contributed by atoms with Crippen LogP contribution in [0, 0.1) is 5.92 Å². The molecule has 0 bridgehead atoms. The van der Waals surface area contributed by atoms with Gasteiger partial charge in [-0.25, -0.2) is 9.59 Å². The molecule has 4 nitrogen and oxygen atoms in total. The lowest BCUT2D eigenvalue weighted by Gasteiger charge is -2.26. The van der Waals surface area contributed by atoms with Gasteiger partial charge >= 0.3 is 11.9 Å². The molecule has 0 unspecified atom stereocenters. The van der Waals surface area contributed by atoms with Crippen LogP contribution in [-0.2, 0) is 6.42 Å². The number of benzene rings is 1. The summed E-state index contributed by atoms with van der Waals surface area (Å²) in [6, 6.07) is 3.34. The number of carboxylic acid groups (broad SMARTS) is 2. The normalized spacial score (nSPS) is 15.8. The predicted octanol–water partition coefficient (Wildman–Crippen LogP) is 4.72. The van der Waals surface area contributed by atoms with Gasteiger partial charge in [-0.1, -0.05) is 39.2 Å². The van der Waals surface area contributed by atoms with E-state index in [1.807, 2.05) is 6.07 Å². The maximum Gasteiger partial charge on any atom is 0.336 e. The predicted molar refractivity (Wildman–Crippen MR) is 89.3 cm³/mol. The minimum Gasteiger partial charge on any atom is -0.478 e. The Kier molecular flexibility index (Phi) is 5.80. The number of aromatic carboxylic acids is 2. The van der Waals surface area contributed by atoms with Gasteiger partial charge in [-0.3, -0.25) is 0 Å². The van der Waals surface area contributed by atoms with Crippen molar-refractivity contribution >= 4 is 11.9 Å². The van der Waals surface area contributed by atoms with Crippen LogP contribution in [0.25, 0.3) is 0 Å².